The van der Waals surface area contributed by atoms with E-state index in [1.54, 1.807) is 0 Å². The predicted molar refractivity (Wildman–Crippen MR) is 257 cm³/mol. The van der Waals surface area contributed by atoms with Gasteiger partial charge in [0.05, 0.1) is 27.7 Å². The molecule has 0 bridgehead atoms. The zero-order valence-corrected chi connectivity index (χ0v) is 34.4. The monoisotopic (exact) mass is 813 g/mol. The van der Waals surface area contributed by atoms with Gasteiger partial charge in [0.1, 0.15) is 6.07 Å². The van der Waals surface area contributed by atoms with E-state index < -0.39 is 5.41 Å². The molecule has 2 aliphatic rings. The fourth-order valence-electron chi connectivity index (χ4n) is 10.6. The minimum Gasteiger partial charge on any atom is -0.308 e. The van der Waals surface area contributed by atoms with Gasteiger partial charge in [-0.15, -0.1) is 0 Å². The van der Waals surface area contributed by atoms with Crippen molar-refractivity contribution in [2.45, 2.75) is 5.41 Å². The fraction of sp³-hybridized carbons (Fsp3) is 0.0169. The molecule has 9 aromatic carbocycles. The van der Waals surface area contributed by atoms with E-state index in [9.17, 15) is 5.26 Å². The molecule has 2 heterocycles. The first kappa shape index (κ1) is 36.0. The molecule has 0 N–H and O–H groups in total. The van der Waals surface area contributed by atoms with Crippen molar-refractivity contribution in [2.75, 3.05) is 0 Å². The molecule has 0 saturated carbocycles. The van der Waals surface area contributed by atoms with Gasteiger partial charge in [0.15, 0.2) is 17.5 Å². The molecule has 0 aliphatic heterocycles. The van der Waals surface area contributed by atoms with Gasteiger partial charge in [-0.1, -0.05) is 170 Å². The third kappa shape index (κ3) is 5.14. The Morgan fingerprint density at radius 1 is 0.359 bits per heavy atom. The van der Waals surface area contributed by atoms with Crippen molar-refractivity contribution in [1.82, 2.24) is 19.5 Å². The Morgan fingerprint density at radius 2 is 0.875 bits per heavy atom. The molecule has 5 nitrogen and oxygen atoms in total. The molecular weight excluding hydrogens is 779 g/mol. The topological polar surface area (TPSA) is 67.4 Å². The van der Waals surface area contributed by atoms with Gasteiger partial charge in [-0.2, -0.15) is 5.26 Å². The number of rotatable bonds is 5. The number of benzene rings is 9. The summed E-state index contributed by atoms with van der Waals surface area (Å²) in [7, 11) is 0. The maximum absolute atomic E-state index is 11.0. The molecule has 0 radical (unpaired) electrons. The highest BCUT2D eigenvalue weighted by atomic mass is 15.0. The van der Waals surface area contributed by atoms with E-state index in [4.69, 9.17) is 15.0 Å². The van der Waals surface area contributed by atoms with Crippen molar-refractivity contribution in [3.05, 3.63) is 240 Å². The van der Waals surface area contributed by atoms with Crippen LogP contribution in [0.2, 0.25) is 0 Å². The van der Waals surface area contributed by atoms with E-state index in [1.807, 2.05) is 72.8 Å². The molecule has 1 atom stereocenters. The smallest absolute Gasteiger partial charge is 0.164 e. The summed E-state index contributed by atoms with van der Waals surface area (Å²) in [5.41, 5.74) is 17.8. The Kier molecular flexibility index (Phi) is 7.82. The summed E-state index contributed by atoms with van der Waals surface area (Å²) in [4.78, 5) is 14.9. The second kappa shape index (κ2) is 13.9. The van der Waals surface area contributed by atoms with Crippen molar-refractivity contribution in [1.29, 1.82) is 5.26 Å². The van der Waals surface area contributed by atoms with Gasteiger partial charge in [0.2, 0.25) is 0 Å². The summed E-state index contributed by atoms with van der Waals surface area (Å²) in [6.07, 6.45) is 0. The normalized spacial score (nSPS) is 14.3. The number of aromatic nitrogens is 4. The van der Waals surface area contributed by atoms with Gasteiger partial charge < -0.3 is 4.57 Å². The van der Waals surface area contributed by atoms with Crippen LogP contribution in [0.3, 0.4) is 0 Å². The number of hydrogen-bond acceptors (Lipinski definition) is 4. The molecule has 1 unspecified atom stereocenters. The quantitative estimate of drug-likeness (QED) is 0.174. The highest BCUT2D eigenvalue weighted by molar-refractivity contribution is 6.12. The van der Waals surface area contributed by atoms with Crippen molar-refractivity contribution in [2.24, 2.45) is 0 Å². The van der Waals surface area contributed by atoms with E-state index in [1.165, 1.54) is 55.6 Å². The molecule has 5 heteroatoms. The van der Waals surface area contributed by atoms with Crippen LogP contribution >= 0.6 is 0 Å². The van der Waals surface area contributed by atoms with Crippen molar-refractivity contribution < 1.29 is 0 Å². The van der Waals surface area contributed by atoms with Crippen LogP contribution in [0.1, 0.15) is 27.8 Å². The lowest BCUT2D eigenvalue weighted by atomic mass is 9.70. The van der Waals surface area contributed by atoms with Gasteiger partial charge in [-0.3, -0.25) is 0 Å². The van der Waals surface area contributed by atoms with Gasteiger partial charge in [-0.25, -0.2) is 15.0 Å². The summed E-state index contributed by atoms with van der Waals surface area (Å²) in [5, 5.41) is 13.3. The average Bonchev–Trinajstić information content (AvgIpc) is 3.97. The van der Waals surface area contributed by atoms with Crippen LogP contribution in [-0.2, 0) is 5.41 Å². The molecule has 13 rings (SSSR count). The van der Waals surface area contributed by atoms with Crippen LogP contribution in [0.4, 0.5) is 0 Å². The van der Waals surface area contributed by atoms with Crippen LogP contribution in [0.15, 0.2) is 212 Å². The van der Waals surface area contributed by atoms with Gasteiger partial charge in [-0.05, 0) is 98.1 Å². The highest BCUT2D eigenvalue weighted by Gasteiger charge is 2.52. The zero-order chi connectivity index (χ0) is 42.4. The molecule has 2 aliphatic carbocycles. The maximum atomic E-state index is 11.0. The zero-order valence-electron chi connectivity index (χ0n) is 34.4. The Labute approximate surface area is 369 Å². The fourth-order valence-corrected chi connectivity index (χ4v) is 10.6. The molecule has 0 fully saturated rings. The van der Waals surface area contributed by atoms with Gasteiger partial charge in [0.25, 0.3) is 0 Å². The molecule has 296 valence electrons. The lowest BCUT2D eigenvalue weighted by molar-refractivity contribution is 0.794. The first-order valence-corrected chi connectivity index (χ1v) is 21.6. The summed E-state index contributed by atoms with van der Waals surface area (Å²) < 4.78 is 2.28. The third-order valence-corrected chi connectivity index (χ3v) is 13.3. The summed E-state index contributed by atoms with van der Waals surface area (Å²) >= 11 is 0. The number of nitrogens with zero attached hydrogens (tertiary/aromatic N) is 5. The summed E-state index contributed by atoms with van der Waals surface area (Å²) in [6, 6.07) is 77.5. The maximum Gasteiger partial charge on any atom is 0.164 e. The molecular formula is C59H35N5. The lowest BCUT2D eigenvalue weighted by Gasteiger charge is -2.30. The number of nitriles is 1. The molecule has 2 aromatic heterocycles. The third-order valence-electron chi connectivity index (χ3n) is 13.3. The first-order valence-electron chi connectivity index (χ1n) is 21.6. The van der Waals surface area contributed by atoms with Gasteiger partial charge in [0, 0.05) is 27.5 Å². The van der Waals surface area contributed by atoms with Crippen LogP contribution in [0.5, 0.6) is 0 Å². The van der Waals surface area contributed by atoms with E-state index >= 15 is 0 Å². The second-order valence-corrected chi connectivity index (χ2v) is 16.6. The SMILES string of the molecule is N#Cc1cc(-c2nc(-c3ccccc3)nc(-c3ccccc3)n2)ccc1-n1c2ccccc2c2cc3c(cc21)C1(c2ccccc2-c2cc(-c4ccccc4)ccc21)c1ccccc1-3. The predicted octanol–water partition coefficient (Wildman–Crippen LogP) is 13.9. The van der Waals surface area contributed by atoms with E-state index in [2.05, 4.69) is 150 Å². The number of para-hydroxylation sites is 1. The Bertz CT molecular complexity index is 3680. The highest BCUT2D eigenvalue weighted by Crippen LogP contribution is 2.63. The van der Waals surface area contributed by atoms with Crippen LogP contribution < -0.4 is 0 Å². The Hall–Kier alpha value is -8.72. The van der Waals surface area contributed by atoms with E-state index in [-0.39, 0.29) is 0 Å². The molecule has 0 saturated heterocycles. The van der Waals surface area contributed by atoms with Crippen molar-refractivity contribution in [3.8, 4) is 79.3 Å². The van der Waals surface area contributed by atoms with E-state index in [0.717, 1.165) is 44.2 Å². The van der Waals surface area contributed by atoms with Crippen LogP contribution in [0.25, 0.3) is 95.0 Å². The lowest BCUT2D eigenvalue weighted by Crippen LogP contribution is -2.25. The minimum absolute atomic E-state index is 0.504. The number of hydrogen-bond donors (Lipinski definition) is 0. The van der Waals surface area contributed by atoms with E-state index in [0.29, 0.717) is 23.0 Å². The van der Waals surface area contributed by atoms with Crippen molar-refractivity contribution >= 4 is 21.8 Å². The second-order valence-electron chi connectivity index (χ2n) is 16.6. The molecule has 0 amide bonds. The molecule has 11 aromatic rings. The average molecular weight is 814 g/mol. The summed E-state index contributed by atoms with van der Waals surface area (Å²) in [6.45, 7) is 0. The minimum atomic E-state index is -0.546. The molecule has 64 heavy (non-hydrogen) atoms. The number of fused-ring (bicyclic) bond motifs is 13. The van der Waals surface area contributed by atoms with Gasteiger partial charge >= 0.3 is 0 Å². The summed E-state index contributed by atoms with van der Waals surface area (Å²) in [5.74, 6) is 1.65. The first-order chi connectivity index (χ1) is 31.7. The van der Waals surface area contributed by atoms with Crippen LogP contribution in [0, 0.1) is 11.3 Å². The standard InChI is InChI=1S/C59H35N5/c60-36-42-32-41(58-62-56(38-18-6-2-7-19-38)61-57(63-58)39-20-8-3-9-21-39)29-31-53(42)64-54-27-15-12-24-45(54)48-34-47-44-23-11-14-26-50(44)59(52(47)35-55(48)64)49-25-13-10-22-43(49)46-33-40(28-30-51(46)59)37-16-4-1-5-17-37/h1-35H. The van der Waals surface area contributed by atoms with Crippen LogP contribution in [-0.4, -0.2) is 19.5 Å². The molecule has 1 spiro atoms. The Morgan fingerprint density at radius 3 is 1.52 bits per heavy atom. The Balaban J connectivity index is 1.04. The largest absolute Gasteiger partial charge is 0.308 e. The van der Waals surface area contributed by atoms with Crippen molar-refractivity contribution in [3.63, 3.8) is 0 Å².